The van der Waals surface area contributed by atoms with Gasteiger partial charge < -0.3 is 0 Å². The molecule has 5 heteroatoms. The van der Waals surface area contributed by atoms with E-state index in [4.69, 9.17) is 0 Å². The van der Waals surface area contributed by atoms with Gasteiger partial charge in [0.05, 0.1) is 0 Å². The van der Waals surface area contributed by atoms with E-state index in [-0.39, 0.29) is 0 Å². The lowest BCUT2D eigenvalue weighted by molar-refractivity contribution is 0.660. The van der Waals surface area contributed by atoms with Crippen LogP contribution in [0.5, 0.6) is 0 Å². The van der Waals surface area contributed by atoms with Crippen LogP contribution in [-0.4, -0.2) is 5.75 Å². The van der Waals surface area contributed by atoms with Gasteiger partial charge in [0.2, 0.25) is 0 Å². The number of hydrogen-bond acceptors (Lipinski definition) is 4. The Bertz CT molecular complexity index is 98.5. The van der Waals surface area contributed by atoms with E-state index in [1.807, 2.05) is 0 Å². The summed E-state index contributed by atoms with van der Waals surface area (Å²) in [7, 11) is 1.77. The van der Waals surface area contributed by atoms with E-state index in [1.54, 1.807) is 10.8 Å². The van der Waals surface area contributed by atoms with Gasteiger partial charge in [0.15, 0.2) is 0 Å². The van der Waals surface area contributed by atoms with Gasteiger partial charge in [0.25, 0.3) is 0 Å². The monoisotopic (exact) mass is 262 g/mol. The smallest absolute Gasteiger partial charge is 0.00443 e. The van der Waals surface area contributed by atoms with Crippen LogP contribution in [0, 0.1) is 0 Å². The maximum atomic E-state index is 4.27. The van der Waals surface area contributed by atoms with Crippen LogP contribution in [0.1, 0.15) is 39.0 Å². The molecule has 0 heterocycles. The molecule has 0 rings (SSSR count). The predicted molar refractivity (Wildman–Crippen MR) is 75.8 cm³/mol. The van der Waals surface area contributed by atoms with Crippen molar-refractivity contribution in [2.24, 2.45) is 0 Å². The lowest BCUT2D eigenvalue weighted by Crippen LogP contribution is -1.80. The molecule has 0 atom stereocenters. The standard InChI is InChI=1S/C7H18S5/c1-2-3-4-5-6-7-11-12(8,9)10/h8-10H,2-7H2,1H3. The Morgan fingerprint density at radius 2 is 1.58 bits per heavy atom. The largest absolute Gasteiger partial charge is 0.102 e. The predicted octanol–water partition coefficient (Wildman–Crippen LogP) is 4.94. The summed E-state index contributed by atoms with van der Waals surface area (Å²) < 4.78 is 0. The molecule has 0 aromatic carbocycles. The normalized spacial score (nSPS) is 13.3. The van der Waals surface area contributed by atoms with Gasteiger partial charge in [-0.1, -0.05) is 49.6 Å². The Labute approximate surface area is 96.2 Å². The molecule has 0 bridgehead atoms. The minimum atomic E-state index is -1.22. The van der Waals surface area contributed by atoms with Crippen molar-refractivity contribution in [2.75, 3.05) is 5.75 Å². The second-order valence-electron chi connectivity index (χ2n) is 2.70. The molecule has 0 nitrogen and oxygen atoms in total. The molecule has 0 fully saturated rings. The van der Waals surface area contributed by atoms with E-state index in [0.717, 1.165) is 5.75 Å². The molecule has 0 spiro atoms. The zero-order chi connectivity index (χ0) is 9.45. The summed E-state index contributed by atoms with van der Waals surface area (Å²) in [4.78, 5) is 0. The molecule has 0 aliphatic rings. The van der Waals surface area contributed by atoms with Gasteiger partial charge in [0, 0.05) is 5.75 Å². The summed E-state index contributed by atoms with van der Waals surface area (Å²) >= 11 is 12.8. The highest BCUT2D eigenvalue weighted by atomic mass is 34.1. The topological polar surface area (TPSA) is 0 Å². The molecule has 0 aliphatic carbocycles. The number of unbranched alkanes of at least 4 members (excludes halogenated alkanes) is 4. The Hall–Kier alpha value is 1.75. The zero-order valence-electron chi connectivity index (χ0n) is 7.40. The van der Waals surface area contributed by atoms with Crippen LogP contribution in [0.15, 0.2) is 0 Å². The quantitative estimate of drug-likeness (QED) is 0.332. The van der Waals surface area contributed by atoms with Gasteiger partial charge >= 0.3 is 0 Å². The third-order valence-electron chi connectivity index (χ3n) is 1.49. The lowest BCUT2D eigenvalue weighted by atomic mass is 10.2. The first kappa shape index (κ1) is 13.8. The third kappa shape index (κ3) is 11.8. The average Bonchev–Trinajstić information content (AvgIpc) is 1.94. The van der Waals surface area contributed by atoms with Crippen molar-refractivity contribution in [2.45, 2.75) is 39.0 Å². The highest BCUT2D eigenvalue weighted by Gasteiger charge is 2.06. The van der Waals surface area contributed by atoms with Gasteiger partial charge in [-0.25, -0.2) is 0 Å². The molecular formula is C7H18S5. The number of rotatable bonds is 7. The Morgan fingerprint density at radius 1 is 1.00 bits per heavy atom. The summed E-state index contributed by atoms with van der Waals surface area (Å²) in [6, 6.07) is 0. The van der Waals surface area contributed by atoms with Gasteiger partial charge in [-0.3, -0.25) is 0 Å². The molecule has 0 aromatic rings. The van der Waals surface area contributed by atoms with Gasteiger partial charge in [-0.15, -0.1) is 35.0 Å². The number of thiol groups is 3. The fraction of sp³-hybridized carbons (Fsp3) is 1.00. The van der Waals surface area contributed by atoms with Crippen molar-refractivity contribution in [1.29, 1.82) is 0 Å². The fourth-order valence-electron chi connectivity index (χ4n) is 0.876. The van der Waals surface area contributed by atoms with Crippen LogP contribution in [0.4, 0.5) is 0 Å². The summed E-state index contributed by atoms with van der Waals surface area (Å²) in [5.41, 5.74) is 0. The Balaban J connectivity index is 3.01. The minimum absolute atomic E-state index is 1.15. The Kier molecular flexibility index (Phi) is 9.27. The first-order chi connectivity index (χ1) is 5.56. The first-order valence-electron chi connectivity index (χ1n) is 4.21. The molecule has 0 radical (unpaired) electrons. The second kappa shape index (κ2) is 8.09. The van der Waals surface area contributed by atoms with Crippen molar-refractivity contribution < 1.29 is 0 Å². The molecule has 0 N–H and O–H groups in total. The van der Waals surface area contributed by atoms with Crippen LogP contribution >= 0.6 is 51.9 Å². The van der Waals surface area contributed by atoms with E-state index < -0.39 is 6.16 Å². The fourth-order valence-corrected chi connectivity index (χ4v) is 4.46. The van der Waals surface area contributed by atoms with E-state index in [0.29, 0.717) is 0 Å². The van der Waals surface area contributed by atoms with Crippen LogP contribution in [0.3, 0.4) is 0 Å². The second-order valence-corrected chi connectivity index (χ2v) is 16.2. The molecule has 0 unspecified atom stereocenters. The summed E-state index contributed by atoms with van der Waals surface area (Å²) in [5.74, 6) is 1.15. The molecule has 0 saturated heterocycles. The molecule has 0 aliphatic heterocycles. The average molecular weight is 263 g/mol. The molecule has 76 valence electrons. The molecular weight excluding hydrogens is 244 g/mol. The van der Waals surface area contributed by atoms with E-state index in [2.05, 4.69) is 41.9 Å². The minimum Gasteiger partial charge on any atom is -0.102 e. The van der Waals surface area contributed by atoms with Gasteiger partial charge in [-0.05, 0) is 6.42 Å². The van der Waals surface area contributed by atoms with Crippen LogP contribution in [-0.2, 0) is 0 Å². The van der Waals surface area contributed by atoms with Gasteiger partial charge in [-0.2, -0.15) is 0 Å². The van der Waals surface area contributed by atoms with Crippen LogP contribution in [0.2, 0.25) is 0 Å². The molecule has 0 saturated carbocycles. The third-order valence-corrected chi connectivity index (χ3v) is 6.56. The Morgan fingerprint density at radius 3 is 2.08 bits per heavy atom. The van der Waals surface area contributed by atoms with Crippen molar-refractivity contribution in [1.82, 2.24) is 0 Å². The SMILES string of the molecule is CCCCCCCSS(S)(S)S. The molecule has 0 aromatic heterocycles. The van der Waals surface area contributed by atoms with Crippen molar-refractivity contribution in [3.05, 3.63) is 0 Å². The maximum Gasteiger partial charge on any atom is 0.00443 e. The van der Waals surface area contributed by atoms with E-state index >= 15 is 0 Å². The zero-order valence-corrected chi connectivity index (χ0v) is 11.7. The summed E-state index contributed by atoms with van der Waals surface area (Å²) in [6.07, 6.45) is 5.45. The highest BCUT2D eigenvalue weighted by Crippen LogP contribution is 2.71. The maximum absolute atomic E-state index is 4.27. The molecule has 0 amide bonds. The lowest BCUT2D eigenvalue weighted by Gasteiger charge is -2.19. The van der Waals surface area contributed by atoms with Crippen molar-refractivity contribution in [3.8, 4) is 0 Å². The van der Waals surface area contributed by atoms with E-state index in [1.165, 1.54) is 32.1 Å². The van der Waals surface area contributed by atoms with Crippen molar-refractivity contribution >= 4 is 51.9 Å². The summed E-state index contributed by atoms with van der Waals surface area (Å²) in [5, 5.41) is 0. The van der Waals surface area contributed by atoms with Crippen LogP contribution < -0.4 is 0 Å². The summed E-state index contributed by atoms with van der Waals surface area (Å²) in [6.45, 7) is 2.24. The number of hydrogen-bond donors (Lipinski definition) is 3. The first-order valence-corrected chi connectivity index (χ1v) is 10.5. The molecule has 12 heavy (non-hydrogen) atoms. The van der Waals surface area contributed by atoms with Gasteiger partial charge in [0.1, 0.15) is 0 Å². The van der Waals surface area contributed by atoms with Crippen molar-refractivity contribution in [3.63, 3.8) is 0 Å². The van der Waals surface area contributed by atoms with E-state index in [9.17, 15) is 0 Å². The highest BCUT2D eigenvalue weighted by molar-refractivity contribution is 9.61. The van der Waals surface area contributed by atoms with Crippen LogP contribution in [0.25, 0.3) is 0 Å².